The van der Waals surface area contributed by atoms with Crippen LogP contribution in [0.5, 0.6) is 0 Å². The molecule has 0 heterocycles. The van der Waals surface area contributed by atoms with E-state index in [9.17, 15) is 0 Å². The molecule has 0 aliphatic heterocycles. The first-order valence-electron chi connectivity index (χ1n) is 5.47. The van der Waals surface area contributed by atoms with Crippen LogP contribution in [-0.2, 0) is 0 Å². The van der Waals surface area contributed by atoms with Crippen LogP contribution in [0.25, 0.3) is 16.8 Å². The Morgan fingerprint density at radius 1 is 1.06 bits per heavy atom. The van der Waals surface area contributed by atoms with Gasteiger partial charge in [-0.25, -0.2) is 0 Å². The summed E-state index contributed by atoms with van der Waals surface area (Å²) in [5, 5.41) is 2.31. The molecule has 0 fully saturated rings. The average molecular weight is 211 g/mol. The average Bonchev–Trinajstić information content (AvgIpc) is 2.39. The lowest BCUT2D eigenvalue weighted by atomic mass is 10.0. The first-order valence-corrected chi connectivity index (χ1v) is 5.47. The Bertz CT molecular complexity index is 498. The fourth-order valence-corrected chi connectivity index (χ4v) is 1.61. The van der Waals surface area contributed by atoms with Crippen molar-refractivity contribution >= 4 is 29.3 Å². The predicted molar refractivity (Wildman–Crippen MR) is 74.6 cm³/mol. The van der Waals surface area contributed by atoms with Crippen LogP contribution in [0.3, 0.4) is 0 Å². The molecule has 1 heteroatoms. The molecule has 0 saturated carbocycles. The van der Waals surface area contributed by atoms with Gasteiger partial charge in [-0.3, -0.25) is 4.99 Å². The quantitative estimate of drug-likeness (QED) is 0.630. The van der Waals surface area contributed by atoms with Crippen molar-refractivity contribution in [3.05, 3.63) is 48.5 Å². The normalized spacial score (nSPS) is 9.12. The first-order chi connectivity index (χ1) is 7.86. The molecule has 1 nitrogen and oxygen atoms in total. The summed E-state index contributed by atoms with van der Waals surface area (Å²) in [5.74, 6) is 0. The summed E-state index contributed by atoms with van der Waals surface area (Å²) in [5.41, 5.74) is 1.94. The van der Waals surface area contributed by atoms with Crippen molar-refractivity contribution in [3.63, 3.8) is 0 Å². The van der Waals surface area contributed by atoms with Crippen molar-refractivity contribution in [2.24, 2.45) is 4.99 Å². The third kappa shape index (κ3) is 2.19. The highest BCUT2D eigenvalue weighted by Gasteiger charge is 2.01. The number of aliphatic imine (C=N–C) groups is 1. The highest BCUT2D eigenvalue weighted by atomic mass is 14.7. The molecule has 16 heavy (non-hydrogen) atoms. The summed E-state index contributed by atoms with van der Waals surface area (Å²) in [6.45, 7) is 11.4. The Balaban J connectivity index is 0.000000606. The summed E-state index contributed by atoms with van der Waals surface area (Å²) in [7, 11) is 0. The number of hydrogen-bond acceptors (Lipinski definition) is 1. The molecule has 2 aromatic carbocycles. The highest BCUT2D eigenvalue weighted by molar-refractivity contribution is 5.96. The Kier molecular flexibility index (Phi) is 4.46. The van der Waals surface area contributed by atoms with Gasteiger partial charge in [-0.05, 0) is 12.1 Å². The largest absolute Gasteiger partial charge is 0.263 e. The van der Waals surface area contributed by atoms with Gasteiger partial charge in [0.1, 0.15) is 0 Å². The van der Waals surface area contributed by atoms with Gasteiger partial charge in [-0.2, -0.15) is 0 Å². The molecule has 0 spiro atoms. The fraction of sp³-hybridized carbons (Fsp3) is 0.133. The molecule has 0 N–H and O–H groups in total. The molecule has 0 atom stereocenters. The van der Waals surface area contributed by atoms with Crippen LogP contribution in [0.2, 0.25) is 0 Å². The molecule has 0 amide bonds. The first kappa shape index (κ1) is 12.2. The van der Waals surface area contributed by atoms with Crippen LogP contribution in [-0.4, -0.2) is 6.72 Å². The lowest BCUT2D eigenvalue weighted by Crippen LogP contribution is -1.77. The van der Waals surface area contributed by atoms with Crippen molar-refractivity contribution in [2.75, 3.05) is 0 Å². The fourth-order valence-electron chi connectivity index (χ4n) is 1.61. The Morgan fingerprint density at radius 2 is 1.75 bits per heavy atom. The molecule has 0 saturated heterocycles. The number of rotatable bonds is 2. The van der Waals surface area contributed by atoms with E-state index in [1.54, 1.807) is 6.08 Å². The Morgan fingerprint density at radius 3 is 2.38 bits per heavy atom. The van der Waals surface area contributed by atoms with Gasteiger partial charge < -0.3 is 0 Å². The molecule has 2 aromatic rings. The third-order valence-corrected chi connectivity index (χ3v) is 2.31. The van der Waals surface area contributed by atoms with Crippen LogP contribution in [0.4, 0.5) is 5.69 Å². The van der Waals surface area contributed by atoms with Crippen molar-refractivity contribution in [2.45, 2.75) is 13.8 Å². The van der Waals surface area contributed by atoms with Crippen molar-refractivity contribution in [1.82, 2.24) is 0 Å². The molecule has 0 bridgehead atoms. The molecular formula is C15H17N. The standard InChI is InChI=1S/C13H11N.C2H6/c1-3-10-8-9-11-6-4-5-7-12(11)13(10)14-2;1-2/h3-9H,1-2H2;1-2H3. The van der Waals surface area contributed by atoms with Gasteiger partial charge in [-0.1, -0.05) is 62.9 Å². The molecule has 82 valence electrons. The van der Waals surface area contributed by atoms with Crippen molar-refractivity contribution < 1.29 is 0 Å². The predicted octanol–water partition coefficient (Wildman–Crippen LogP) is 4.84. The topological polar surface area (TPSA) is 12.4 Å². The monoisotopic (exact) mass is 211 g/mol. The van der Waals surface area contributed by atoms with Gasteiger partial charge in [0.15, 0.2) is 0 Å². The smallest absolute Gasteiger partial charge is 0.0772 e. The van der Waals surface area contributed by atoms with E-state index in [1.165, 1.54) is 5.39 Å². The van der Waals surface area contributed by atoms with E-state index in [2.05, 4.69) is 30.4 Å². The van der Waals surface area contributed by atoms with E-state index in [-0.39, 0.29) is 0 Å². The van der Waals surface area contributed by atoms with E-state index >= 15 is 0 Å². The minimum Gasteiger partial charge on any atom is -0.263 e. The van der Waals surface area contributed by atoms with Crippen molar-refractivity contribution in [1.29, 1.82) is 0 Å². The van der Waals surface area contributed by atoms with Crippen LogP contribution in [0.1, 0.15) is 19.4 Å². The zero-order valence-corrected chi connectivity index (χ0v) is 9.90. The Labute approximate surface area is 97.1 Å². The molecule has 0 radical (unpaired) electrons. The number of nitrogens with zero attached hydrogens (tertiary/aromatic N) is 1. The van der Waals surface area contributed by atoms with Crippen LogP contribution in [0.15, 0.2) is 48.0 Å². The zero-order chi connectivity index (χ0) is 12.0. The van der Waals surface area contributed by atoms with Gasteiger partial charge in [-0.15, -0.1) is 0 Å². The summed E-state index contributed by atoms with van der Waals surface area (Å²) in [4.78, 5) is 4.05. The molecular weight excluding hydrogens is 194 g/mol. The second-order valence-corrected chi connectivity index (χ2v) is 3.09. The molecule has 0 aromatic heterocycles. The van der Waals surface area contributed by atoms with Crippen LogP contribution >= 0.6 is 0 Å². The van der Waals surface area contributed by atoms with E-state index in [1.807, 2.05) is 38.1 Å². The zero-order valence-electron chi connectivity index (χ0n) is 9.90. The van der Waals surface area contributed by atoms with Gasteiger partial charge in [0.25, 0.3) is 0 Å². The summed E-state index contributed by atoms with van der Waals surface area (Å²) < 4.78 is 0. The van der Waals surface area contributed by atoms with Crippen molar-refractivity contribution in [3.8, 4) is 0 Å². The van der Waals surface area contributed by atoms with E-state index < -0.39 is 0 Å². The van der Waals surface area contributed by atoms with Crippen LogP contribution in [0, 0.1) is 0 Å². The maximum absolute atomic E-state index is 4.05. The van der Waals surface area contributed by atoms with Gasteiger partial charge in [0.2, 0.25) is 0 Å². The maximum Gasteiger partial charge on any atom is 0.0772 e. The van der Waals surface area contributed by atoms with Gasteiger partial charge in [0, 0.05) is 10.9 Å². The Hall–Kier alpha value is -1.89. The molecule has 0 aliphatic carbocycles. The maximum atomic E-state index is 4.05. The number of fused-ring (bicyclic) bond motifs is 1. The second-order valence-electron chi connectivity index (χ2n) is 3.09. The second kappa shape index (κ2) is 5.86. The summed E-state index contributed by atoms with van der Waals surface area (Å²) in [6, 6.07) is 12.2. The number of hydrogen-bond donors (Lipinski definition) is 0. The lowest BCUT2D eigenvalue weighted by Gasteiger charge is -2.04. The van der Waals surface area contributed by atoms with E-state index in [0.29, 0.717) is 0 Å². The molecule has 2 rings (SSSR count). The van der Waals surface area contributed by atoms with Gasteiger partial charge in [0.05, 0.1) is 5.69 Å². The summed E-state index contributed by atoms with van der Waals surface area (Å²) >= 11 is 0. The minimum absolute atomic E-state index is 0.915. The molecule has 0 unspecified atom stereocenters. The highest BCUT2D eigenvalue weighted by Crippen LogP contribution is 2.30. The van der Waals surface area contributed by atoms with E-state index in [4.69, 9.17) is 0 Å². The summed E-state index contributed by atoms with van der Waals surface area (Å²) in [6.07, 6.45) is 1.80. The lowest BCUT2D eigenvalue weighted by molar-refractivity contribution is 1.50. The number of benzene rings is 2. The minimum atomic E-state index is 0.915. The third-order valence-electron chi connectivity index (χ3n) is 2.31. The van der Waals surface area contributed by atoms with E-state index in [0.717, 1.165) is 16.6 Å². The van der Waals surface area contributed by atoms with Crippen LogP contribution < -0.4 is 0 Å². The molecule has 0 aliphatic rings. The SMILES string of the molecule is C=Cc1ccc2ccccc2c1N=C.CC. The van der Waals surface area contributed by atoms with Gasteiger partial charge >= 0.3 is 0 Å².